The van der Waals surface area contributed by atoms with E-state index in [-0.39, 0.29) is 11.7 Å². The molecule has 6 heteroatoms. The number of amides is 1. The van der Waals surface area contributed by atoms with E-state index in [1.54, 1.807) is 6.92 Å². The van der Waals surface area contributed by atoms with E-state index in [0.29, 0.717) is 24.9 Å². The molecule has 1 aromatic rings. The molecule has 1 aliphatic rings. The summed E-state index contributed by atoms with van der Waals surface area (Å²) in [6.07, 6.45) is 2.64. The van der Waals surface area contributed by atoms with Gasteiger partial charge in [-0.05, 0) is 19.8 Å². The van der Waals surface area contributed by atoms with E-state index in [1.807, 2.05) is 0 Å². The number of hydrogen-bond donors (Lipinski definition) is 1. The minimum atomic E-state index is -0.969. The van der Waals surface area contributed by atoms with E-state index >= 15 is 0 Å². The van der Waals surface area contributed by atoms with Gasteiger partial charge in [0.25, 0.3) is 5.91 Å². The maximum absolute atomic E-state index is 12.0. The van der Waals surface area contributed by atoms with Crippen molar-refractivity contribution in [3.05, 3.63) is 17.5 Å². The lowest BCUT2D eigenvalue weighted by atomic mass is 10.2. The Kier molecular flexibility index (Phi) is 2.64. The van der Waals surface area contributed by atoms with Crippen LogP contribution in [0.1, 0.15) is 29.0 Å². The van der Waals surface area contributed by atoms with Crippen LogP contribution in [-0.4, -0.2) is 39.6 Å². The molecule has 16 heavy (non-hydrogen) atoms. The molecule has 0 spiro atoms. The fraction of sp³-hybridized carbons (Fsp3) is 0.500. The van der Waals surface area contributed by atoms with Crippen LogP contribution in [-0.2, 0) is 4.79 Å². The van der Waals surface area contributed by atoms with Crippen LogP contribution < -0.4 is 0 Å². The number of aromatic nitrogens is 1. The number of carboxylic acids is 1. The second-order valence-corrected chi connectivity index (χ2v) is 3.83. The summed E-state index contributed by atoms with van der Waals surface area (Å²) in [6.45, 7) is 2.16. The molecule has 1 saturated heterocycles. The van der Waals surface area contributed by atoms with E-state index in [0.717, 1.165) is 0 Å². The van der Waals surface area contributed by atoms with Gasteiger partial charge in [-0.25, -0.2) is 4.79 Å². The number of hydrogen-bond acceptors (Lipinski definition) is 4. The monoisotopic (exact) mass is 224 g/mol. The highest BCUT2D eigenvalue weighted by Gasteiger charge is 2.36. The molecule has 2 rings (SSSR count). The normalized spacial score (nSPS) is 20.1. The zero-order valence-electron chi connectivity index (χ0n) is 8.84. The lowest BCUT2D eigenvalue weighted by Gasteiger charge is -2.19. The molecule has 1 N–H and O–H groups in total. The number of carbonyl (C=O) groups is 2. The van der Waals surface area contributed by atoms with Crippen LogP contribution in [0.25, 0.3) is 0 Å². The summed E-state index contributed by atoms with van der Waals surface area (Å²) < 4.78 is 4.83. The molecular formula is C10H12N2O4. The Balaban J connectivity index is 2.22. The molecule has 1 aromatic heterocycles. The Hall–Kier alpha value is -1.85. The summed E-state index contributed by atoms with van der Waals surface area (Å²) in [5.74, 6) is -1.23. The summed E-state index contributed by atoms with van der Waals surface area (Å²) in [5.41, 5.74) is 0.626. The van der Waals surface area contributed by atoms with Crippen molar-refractivity contribution in [3.8, 4) is 0 Å². The molecule has 0 bridgehead atoms. The van der Waals surface area contributed by atoms with Crippen LogP contribution in [0.15, 0.2) is 10.7 Å². The molecule has 2 heterocycles. The van der Waals surface area contributed by atoms with E-state index in [1.165, 1.54) is 11.1 Å². The van der Waals surface area contributed by atoms with Gasteiger partial charge in [0.05, 0.1) is 6.20 Å². The molecule has 0 aliphatic carbocycles. The SMILES string of the molecule is Cc1cnoc1C(=O)N1CCC[C@@H]1C(=O)O. The van der Waals surface area contributed by atoms with Crippen molar-refractivity contribution >= 4 is 11.9 Å². The summed E-state index contributed by atoms with van der Waals surface area (Å²) in [7, 11) is 0. The first-order chi connectivity index (χ1) is 7.61. The van der Waals surface area contributed by atoms with E-state index in [4.69, 9.17) is 9.63 Å². The second-order valence-electron chi connectivity index (χ2n) is 3.83. The molecule has 0 saturated carbocycles. The number of carboxylic acid groups (broad SMARTS) is 1. The Labute approximate surface area is 91.8 Å². The van der Waals surface area contributed by atoms with Gasteiger partial charge in [0, 0.05) is 12.1 Å². The maximum atomic E-state index is 12.0. The number of nitrogens with zero attached hydrogens (tertiary/aromatic N) is 2. The topological polar surface area (TPSA) is 83.6 Å². The van der Waals surface area contributed by atoms with Crippen LogP contribution >= 0.6 is 0 Å². The van der Waals surface area contributed by atoms with Gasteiger partial charge in [-0.1, -0.05) is 5.16 Å². The summed E-state index contributed by atoms with van der Waals surface area (Å²) in [5, 5.41) is 12.5. The van der Waals surface area contributed by atoms with Crippen molar-refractivity contribution < 1.29 is 19.2 Å². The lowest BCUT2D eigenvalue weighted by Crippen LogP contribution is -2.40. The highest BCUT2D eigenvalue weighted by atomic mass is 16.5. The van der Waals surface area contributed by atoms with Gasteiger partial charge in [-0.2, -0.15) is 0 Å². The van der Waals surface area contributed by atoms with Crippen molar-refractivity contribution in [2.45, 2.75) is 25.8 Å². The predicted molar refractivity (Wildman–Crippen MR) is 52.9 cm³/mol. The minimum Gasteiger partial charge on any atom is -0.480 e. The molecule has 1 aliphatic heterocycles. The van der Waals surface area contributed by atoms with Crippen molar-refractivity contribution in [2.75, 3.05) is 6.54 Å². The van der Waals surface area contributed by atoms with Crippen LogP contribution in [0.4, 0.5) is 0 Å². The number of likely N-dealkylation sites (tertiary alicyclic amines) is 1. The molecule has 86 valence electrons. The third-order valence-corrected chi connectivity index (χ3v) is 2.74. The third-order valence-electron chi connectivity index (χ3n) is 2.74. The highest BCUT2D eigenvalue weighted by Crippen LogP contribution is 2.21. The number of rotatable bonds is 2. The average molecular weight is 224 g/mol. The zero-order chi connectivity index (χ0) is 11.7. The molecule has 1 amide bonds. The van der Waals surface area contributed by atoms with Gasteiger partial charge < -0.3 is 14.5 Å². The van der Waals surface area contributed by atoms with Crippen molar-refractivity contribution in [3.63, 3.8) is 0 Å². The smallest absolute Gasteiger partial charge is 0.326 e. The average Bonchev–Trinajstić information content (AvgIpc) is 2.84. The fourth-order valence-corrected chi connectivity index (χ4v) is 1.89. The number of aryl methyl sites for hydroxylation is 1. The summed E-state index contributed by atoms with van der Waals surface area (Å²) >= 11 is 0. The maximum Gasteiger partial charge on any atom is 0.326 e. The Morgan fingerprint density at radius 2 is 2.38 bits per heavy atom. The quantitative estimate of drug-likeness (QED) is 0.798. The third kappa shape index (κ3) is 1.66. The van der Waals surface area contributed by atoms with Gasteiger partial charge in [-0.3, -0.25) is 4.79 Å². The van der Waals surface area contributed by atoms with Gasteiger partial charge in [0.15, 0.2) is 0 Å². The molecule has 1 fully saturated rings. The first-order valence-corrected chi connectivity index (χ1v) is 5.06. The predicted octanol–water partition coefficient (Wildman–Crippen LogP) is 0.672. The minimum absolute atomic E-state index is 0.133. The van der Waals surface area contributed by atoms with E-state index < -0.39 is 12.0 Å². The van der Waals surface area contributed by atoms with E-state index in [9.17, 15) is 9.59 Å². The fourth-order valence-electron chi connectivity index (χ4n) is 1.89. The zero-order valence-corrected chi connectivity index (χ0v) is 8.84. The highest BCUT2D eigenvalue weighted by molar-refractivity contribution is 5.95. The number of aliphatic carboxylic acids is 1. The Morgan fingerprint density at radius 3 is 2.94 bits per heavy atom. The summed E-state index contributed by atoms with van der Waals surface area (Å²) in [6, 6.07) is -0.739. The first-order valence-electron chi connectivity index (χ1n) is 5.06. The molecular weight excluding hydrogens is 212 g/mol. The van der Waals surface area contributed by atoms with Gasteiger partial charge >= 0.3 is 5.97 Å². The van der Waals surface area contributed by atoms with Crippen molar-refractivity contribution in [1.29, 1.82) is 0 Å². The Morgan fingerprint density at radius 1 is 1.62 bits per heavy atom. The van der Waals surface area contributed by atoms with Gasteiger partial charge in [0.1, 0.15) is 6.04 Å². The standard InChI is InChI=1S/C10H12N2O4/c1-6-5-11-16-8(6)9(13)12-4-2-3-7(12)10(14)15/h5,7H,2-4H2,1H3,(H,14,15)/t7-/m1/s1. The molecule has 6 nitrogen and oxygen atoms in total. The second kappa shape index (κ2) is 3.96. The Bertz CT molecular complexity index is 426. The molecule has 1 atom stereocenters. The first kappa shape index (κ1) is 10.7. The molecule has 0 radical (unpaired) electrons. The van der Waals surface area contributed by atoms with Crippen molar-refractivity contribution in [2.24, 2.45) is 0 Å². The lowest BCUT2D eigenvalue weighted by molar-refractivity contribution is -0.141. The van der Waals surface area contributed by atoms with Crippen LogP contribution in [0.3, 0.4) is 0 Å². The molecule has 0 aromatic carbocycles. The van der Waals surface area contributed by atoms with Gasteiger partial charge in [-0.15, -0.1) is 0 Å². The largest absolute Gasteiger partial charge is 0.480 e. The van der Waals surface area contributed by atoms with Crippen LogP contribution in [0, 0.1) is 6.92 Å². The summed E-state index contributed by atoms with van der Waals surface area (Å²) in [4.78, 5) is 24.2. The van der Waals surface area contributed by atoms with Crippen LogP contribution in [0.2, 0.25) is 0 Å². The van der Waals surface area contributed by atoms with Gasteiger partial charge in [0.2, 0.25) is 5.76 Å². The van der Waals surface area contributed by atoms with Crippen LogP contribution in [0.5, 0.6) is 0 Å². The van der Waals surface area contributed by atoms with Crippen molar-refractivity contribution in [1.82, 2.24) is 10.1 Å². The molecule has 0 unspecified atom stereocenters. The van der Waals surface area contributed by atoms with E-state index in [2.05, 4.69) is 5.16 Å². The number of carbonyl (C=O) groups excluding carboxylic acids is 1.